The monoisotopic (exact) mass is 441 g/mol. The van der Waals surface area contributed by atoms with Crippen molar-refractivity contribution in [3.63, 3.8) is 0 Å². The molecule has 2 saturated heterocycles. The summed E-state index contributed by atoms with van der Waals surface area (Å²) < 4.78 is 0. The van der Waals surface area contributed by atoms with Crippen molar-refractivity contribution >= 4 is 17.4 Å². The molecule has 0 saturated carbocycles. The number of aromatic nitrogens is 1. The minimum Gasteiger partial charge on any atom is -0.368 e. The molecular formula is C27H31N5O. The van der Waals surface area contributed by atoms with Crippen molar-refractivity contribution in [2.24, 2.45) is 0 Å². The highest BCUT2D eigenvalue weighted by atomic mass is 16.2. The molecule has 5 rings (SSSR count). The molecule has 3 aromatic rings. The van der Waals surface area contributed by atoms with Gasteiger partial charge in [-0.25, -0.2) is 4.98 Å². The van der Waals surface area contributed by atoms with E-state index in [0.717, 1.165) is 57.2 Å². The largest absolute Gasteiger partial charge is 0.368 e. The molecule has 0 radical (unpaired) electrons. The van der Waals surface area contributed by atoms with Gasteiger partial charge in [0.25, 0.3) is 5.91 Å². The zero-order chi connectivity index (χ0) is 22.6. The van der Waals surface area contributed by atoms with Gasteiger partial charge in [0.1, 0.15) is 5.82 Å². The van der Waals surface area contributed by atoms with Gasteiger partial charge in [-0.1, -0.05) is 48.0 Å². The van der Waals surface area contributed by atoms with Gasteiger partial charge in [-0.2, -0.15) is 0 Å². The van der Waals surface area contributed by atoms with E-state index in [-0.39, 0.29) is 11.9 Å². The minimum absolute atomic E-state index is 0.0944. The van der Waals surface area contributed by atoms with E-state index < -0.39 is 0 Å². The number of amides is 1. The Balaban J connectivity index is 1.23. The standard InChI is InChI=1S/C27H31N5O/c1-21-7-9-24(10-8-21)30-15-17-31(18-16-30)27(33)23-11-12-29-26(19-23)32-14-13-28-25(20-32)22-5-3-2-4-6-22/h2-12,19,25,28H,13-18,20H2,1H3. The number of piperazine rings is 2. The van der Waals surface area contributed by atoms with E-state index in [1.165, 1.54) is 16.8 Å². The van der Waals surface area contributed by atoms with Crippen LogP contribution in [0, 0.1) is 6.92 Å². The third-order valence-corrected chi connectivity index (χ3v) is 6.66. The molecule has 170 valence electrons. The van der Waals surface area contributed by atoms with Gasteiger partial charge in [0.15, 0.2) is 0 Å². The lowest BCUT2D eigenvalue weighted by atomic mass is 10.0. The maximum absolute atomic E-state index is 13.3. The summed E-state index contributed by atoms with van der Waals surface area (Å²) in [6.45, 7) is 7.87. The van der Waals surface area contributed by atoms with Gasteiger partial charge in [-0.05, 0) is 36.8 Å². The molecule has 2 aliphatic rings. The Hall–Kier alpha value is -3.38. The van der Waals surface area contributed by atoms with Crippen LogP contribution in [0.1, 0.15) is 27.5 Å². The molecule has 33 heavy (non-hydrogen) atoms. The Bertz CT molecular complexity index is 1080. The lowest BCUT2D eigenvalue weighted by molar-refractivity contribution is 0.0746. The Labute approximate surface area is 195 Å². The summed E-state index contributed by atoms with van der Waals surface area (Å²) in [7, 11) is 0. The lowest BCUT2D eigenvalue weighted by Gasteiger charge is -2.36. The van der Waals surface area contributed by atoms with Crippen molar-refractivity contribution in [3.8, 4) is 0 Å². The molecule has 2 aliphatic heterocycles. The number of rotatable bonds is 4. The highest BCUT2D eigenvalue weighted by Gasteiger charge is 2.25. The average Bonchev–Trinajstić information content (AvgIpc) is 2.89. The first kappa shape index (κ1) is 21.5. The Kier molecular flexibility index (Phi) is 6.26. The molecule has 1 atom stereocenters. The average molecular weight is 442 g/mol. The van der Waals surface area contributed by atoms with Gasteiger partial charge < -0.3 is 20.0 Å². The van der Waals surface area contributed by atoms with Gasteiger partial charge in [0.2, 0.25) is 0 Å². The van der Waals surface area contributed by atoms with Crippen LogP contribution in [0.3, 0.4) is 0 Å². The second-order valence-corrected chi connectivity index (χ2v) is 8.88. The number of carbonyl (C=O) groups is 1. The summed E-state index contributed by atoms with van der Waals surface area (Å²) in [4.78, 5) is 24.5. The Morgan fingerprint density at radius 3 is 2.42 bits per heavy atom. The molecule has 0 spiro atoms. The fourth-order valence-electron chi connectivity index (χ4n) is 4.70. The molecule has 0 bridgehead atoms. The summed E-state index contributed by atoms with van der Waals surface area (Å²) in [5.41, 5.74) is 4.49. The van der Waals surface area contributed by atoms with Crippen molar-refractivity contribution in [3.05, 3.63) is 89.6 Å². The van der Waals surface area contributed by atoms with Gasteiger partial charge in [-0.15, -0.1) is 0 Å². The smallest absolute Gasteiger partial charge is 0.254 e. The fourth-order valence-corrected chi connectivity index (χ4v) is 4.70. The zero-order valence-electron chi connectivity index (χ0n) is 19.2. The lowest BCUT2D eigenvalue weighted by Crippen LogP contribution is -2.49. The molecule has 1 unspecified atom stereocenters. The minimum atomic E-state index is 0.0944. The molecule has 6 heteroatoms. The van der Waals surface area contributed by atoms with E-state index in [1.54, 1.807) is 6.20 Å². The molecule has 1 amide bonds. The van der Waals surface area contributed by atoms with Crippen LogP contribution in [0.4, 0.5) is 11.5 Å². The fraction of sp³-hybridized carbons (Fsp3) is 0.333. The normalized spacial score (nSPS) is 18.9. The first-order valence-corrected chi connectivity index (χ1v) is 11.8. The van der Waals surface area contributed by atoms with Crippen LogP contribution in [-0.4, -0.2) is 61.6 Å². The van der Waals surface area contributed by atoms with E-state index in [2.05, 4.69) is 75.6 Å². The second kappa shape index (κ2) is 9.63. The Morgan fingerprint density at radius 1 is 0.909 bits per heavy atom. The molecular weight excluding hydrogens is 410 g/mol. The van der Waals surface area contributed by atoms with Crippen molar-refractivity contribution in [1.29, 1.82) is 0 Å². The van der Waals surface area contributed by atoms with Crippen LogP contribution < -0.4 is 15.1 Å². The second-order valence-electron chi connectivity index (χ2n) is 8.88. The van der Waals surface area contributed by atoms with Crippen LogP contribution in [-0.2, 0) is 0 Å². The van der Waals surface area contributed by atoms with Gasteiger partial charge in [0.05, 0.1) is 0 Å². The van der Waals surface area contributed by atoms with Crippen LogP contribution in [0.15, 0.2) is 72.9 Å². The molecule has 1 N–H and O–H groups in total. The predicted octanol–water partition coefficient (Wildman–Crippen LogP) is 3.50. The van der Waals surface area contributed by atoms with E-state index in [9.17, 15) is 4.79 Å². The number of nitrogens with one attached hydrogen (secondary N) is 1. The van der Waals surface area contributed by atoms with Crippen LogP contribution in [0.2, 0.25) is 0 Å². The van der Waals surface area contributed by atoms with Crippen molar-refractivity contribution in [1.82, 2.24) is 15.2 Å². The number of carbonyl (C=O) groups excluding carboxylic acids is 1. The third kappa shape index (κ3) is 4.86. The summed E-state index contributed by atoms with van der Waals surface area (Å²) in [6, 6.07) is 23.2. The number of nitrogens with zero attached hydrogens (tertiary/aromatic N) is 4. The van der Waals surface area contributed by atoms with E-state index in [1.807, 2.05) is 23.1 Å². The topological polar surface area (TPSA) is 51.7 Å². The van der Waals surface area contributed by atoms with Crippen molar-refractivity contribution < 1.29 is 4.79 Å². The number of aryl methyl sites for hydroxylation is 1. The number of hydrogen-bond acceptors (Lipinski definition) is 5. The van der Waals surface area contributed by atoms with Crippen molar-refractivity contribution in [2.75, 3.05) is 55.6 Å². The summed E-state index contributed by atoms with van der Waals surface area (Å²) in [5.74, 6) is 0.971. The SMILES string of the molecule is Cc1ccc(N2CCN(C(=O)c3ccnc(N4CCNC(c5ccccc5)C4)c3)CC2)cc1. The number of benzene rings is 2. The summed E-state index contributed by atoms with van der Waals surface area (Å²) in [6.07, 6.45) is 1.77. The van der Waals surface area contributed by atoms with Crippen LogP contribution >= 0.6 is 0 Å². The highest BCUT2D eigenvalue weighted by molar-refractivity contribution is 5.95. The first-order chi connectivity index (χ1) is 16.2. The molecule has 0 aliphatic carbocycles. The van der Waals surface area contributed by atoms with Crippen molar-refractivity contribution in [2.45, 2.75) is 13.0 Å². The third-order valence-electron chi connectivity index (χ3n) is 6.66. The molecule has 2 aromatic carbocycles. The predicted molar refractivity (Wildman–Crippen MR) is 133 cm³/mol. The highest BCUT2D eigenvalue weighted by Crippen LogP contribution is 2.23. The summed E-state index contributed by atoms with van der Waals surface area (Å²) in [5, 5.41) is 3.60. The quantitative estimate of drug-likeness (QED) is 0.672. The molecule has 3 heterocycles. The van der Waals surface area contributed by atoms with Gasteiger partial charge >= 0.3 is 0 Å². The number of hydrogen-bond donors (Lipinski definition) is 1. The molecule has 1 aromatic heterocycles. The van der Waals surface area contributed by atoms with E-state index in [0.29, 0.717) is 0 Å². The van der Waals surface area contributed by atoms with Crippen LogP contribution in [0.5, 0.6) is 0 Å². The maximum Gasteiger partial charge on any atom is 0.254 e. The first-order valence-electron chi connectivity index (χ1n) is 11.8. The number of pyridine rings is 1. The van der Waals surface area contributed by atoms with Gasteiger partial charge in [0, 0.05) is 69.3 Å². The molecule has 6 nitrogen and oxygen atoms in total. The van der Waals surface area contributed by atoms with Crippen LogP contribution in [0.25, 0.3) is 0 Å². The zero-order valence-corrected chi connectivity index (χ0v) is 19.2. The number of anilines is 2. The van der Waals surface area contributed by atoms with E-state index in [4.69, 9.17) is 0 Å². The van der Waals surface area contributed by atoms with Gasteiger partial charge in [-0.3, -0.25) is 4.79 Å². The Morgan fingerprint density at radius 2 is 1.67 bits per heavy atom. The summed E-state index contributed by atoms with van der Waals surface area (Å²) >= 11 is 0. The van der Waals surface area contributed by atoms with E-state index >= 15 is 0 Å². The molecule has 2 fully saturated rings. The maximum atomic E-state index is 13.3.